The minimum Gasteiger partial charge on any atom is -0.361 e. The van der Waals surface area contributed by atoms with E-state index in [1.54, 1.807) is 48.6 Å². The average Bonchev–Trinajstić information content (AvgIpc) is 3.43. The Morgan fingerprint density at radius 3 is 2.44 bits per heavy atom. The van der Waals surface area contributed by atoms with E-state index < -0.39 is 22.7 Å². The Morgan fingerprint density at radius 1 is 1.16 bits per heavy atom. The number of halogens is 1. The molecule has 1 saturated carbocycles. The van der Waals surface area contributed by atoms with Crippen molar-refractivity contribution in [2.75, 3.05) is 6.54 Å². The lowest BCUT2D eigenvalue weighted by molar-refractivity contribution is -0.146. The fourth-order valence-corrected chi connectivity index (χ4v) is 3.38. The van der Waals surface area contributed by atoms with Crippen molar-refractivity contribution in [1.82, 2.24) is 4.90 Å². The molecule has 0 aliphatic heterocycles. The van der Waals surface area contributed by atoms with Crippen molar-refractivity contribution >= 4 is 29.2 Å². The first-order valence-electron chi connectivity index (χ1n) is 8.19. The summed E-state index contributed by atoms with van der Waals surface area (Å²) < 4.78 is 0. The lowest BCUT2D eigenvalue weighted by atomic mass is 9.85. The number of ketones is 1. The molecule has 130 valence electrons. The number of rotatable bonds is 5. The molecule has 2 amide bonds. The first-order chi connectivity index (χ1) is 11.9. The zero-order chi connectivity index (χ0) is 18.0. The van der Waals surface area contributed by atoms with Gasteiger partial charge in [0.2, 0.25) is 0 Å². The molecule has 1 fully saturated rings. The van der Waals surface area contributed by atoms with Crippen LogP contribution in [0.4, 0.5) is 0 Å². The summed E-state index contributed by atoms with van der Waals surface area (Å²) in [6.45, 7) is 0.308. The van der Waals surface area contributed by atoms with Gasteiger partial charge in [0, 0.05) is 12.1 Å². The maximum atomic E-state index is 13.0. The third-order valence-electron chi connectivity index (χ3n) is 4.53. The Labute approximate surface area is 151 Å². The van der Waals surface area contributed by atoms with Crippen LogP contribution >= 0.6 is 11.6 Å². The van der Waals surface area contributed by atoms with E-state index in [1.807, 2.05) is 6.07 Å². The zero-order valence-corrected chi connectivity index (χ0v) is 14.4. The third kappa shape index (κ3) is 3.51. The molecule has 3 rings (SSSR count). The summed E-state index contributed by atoms with van der Waals surface area (Å²) in [4.78, 5) is 36.7. The fraction of sp³-hybridized carbons (Fsp3) is 0.316. The van der Waals surface area contributed by atoms with E-state index in [9.17, 15) is 14.4 Å². The van der Waals surface area contributed by atoms with Crippen molar-refractivity contribution in [2.24, 2.45) is 17.6 Å². The van der Waals surface area contributed by atoms with Crippen LogP contribution in [0.3, 0.4) is 0 Å². The number of allylic oxidation sites excluding steroid dienone is 2. The van der Waals surface area contributed by atoms with Crippen LogP contribution in [-0.4, -0.2) is 34.0 Å². The van der Waals surface area contributed by atoms with Crippen LogP contribution < -0.4 is 5.73 Å². The molecule has 2 aliphatic rings. The quantitative estimate of drug-likeness (QED) is 0.379. The monoisotopic (exact) mass is 358 g/mol. The molecule has 2 N–H and O–H groups in total. The Bertz CT molecular complexity index is 755. The molecule has 25 heavy (non-hydrogen) atoms. The van der Waals surface area contributed by atoms with Gasteiger partial charge >= 0.3 is 11.8 Å². The van der Waals surface area contributed by atoms with Crippen LogP contribution in [0, 0.1) is 11.8 Å². The number of hydrogen-bond donors (Lipinski definition) is 1. The standard InChI is InChI=1S/C19H19ClN2O3/c20-19(22(12-13-9-10-13)18(25)17(21)24)11-5-4-8-15(19)16(23)14-6-2-1-3-7-14/h1-8,11,13,15H,9-10,12H2,(H2,21,24). The maximum absolute atomic E-state index is 13.0. The third-order valence-corrected chi connectivity index (χ3v) is 5.09. The van der Waals surface area contributed by atoms with Crippen LogP contribution in [0.5, 0.6) is 0 Å². The summed E-state index contributed by atoms with van der Waals surface area (Å²) in [6, 6.07) is 8.75. The molecule has 0 saturated heterocycles. The topological polar surface area (TPSA) is 80.5 Å². The lowest BCUT2D eigenvalue weighted by Gasteiger charge is -2.41. The number of carbonyl (C=O) groups is 3. The molecule has 0 aromatic heterocycles. The summed E-state index contributed by atoms with van der Waals surface area (Å²) in [5.41, 5.74) is 5.71. The summed E-state index contributed by atoms with van der Waals surface area (Å²) in [7, 11) is 0. The minimum atomic E-state index is -1.45. The van der Waals surface area contributed by atoms with E-state index in [2.05, 4.69) is 0 Å². The summed E-state index contributed by atoms with van der Waals surface area (Å²) in [5, 5.41) is 0. The van der Waals surface area contributed by atoms with E-state index in [-0.39, 0.29) is 11.7 Å². The molecule has 2 atom stereocenters. The van der Waals surface area contributed by atoms with Gasteiger partial charge < -0.3 is 10.6 Å². The molecule has 0 bridgehead atoms. The van der Waals surface area contributed by atoms with Gasteiger partial charge in [-0.2, -0.15) is 0 Å². The van der Waals surface area contributed by atoms with Crippen LogP contribution in [-0.2, 0) is 9.59 Å². The highest BCUT2D eigenvalue weighted by atomic mass is 35.5. The number of nitrogens with zero attached hydrogens (tertiary/aromatic N) is 1. The van der Waals surface area contributed by atoms with Gasteiger partial charge in [-0.25, -0.2) is 0 Å². The van der Waals surface area contributed by atoms with Crippen LogP contribution in [0.1, 0.15) is 23.2 Å². The van der Waals surface area contributed by atoms with Gasteiger partial charge in [-0.1, -0.05) is 60.2 Å². The molecule has 1 aromatic carbocycles. The molecule has 0 heterocycles. The van der Waals surface area contributed by atoms with Gasteiger partial charge in [0.1, 0.15) is 5.00 Å². The zero-order valence-electron chi connectivity index (χ0n) is 13.6. The number of benzene rings is 1. The highest BCUT2D eigenvalue weighted by Gasteiger charge is 2.48. The number of alkyl halides is 1. The highest BCUT2D eigenvalue weighted by Crippen LogP contribution is 2.40. The number of primary amides is 1. The molecule has 2 aliphatic carbocycles. The molecule has 1 aromatic rings. The number of carbonyl (C=O) groups excluding carboxylic acids is 3. The smallest absolute Gasteiger partial charge is 0.313 e. The van der Waals surface area contributed by atoms with Gasteiger partial charge in [0.25, 0.3) is 0 Å². The average molecular weight is 359 g/mol. The fourth-order valence-electron chi connectivity index (χ4n) is 2.99. The first-order valence-corrected chi connectivity index (χ1v) is 8.57. The first kappa shape index (κ1) is 17.4. The van der Waals surface area contributed by atoms with Crippen molar-refractivity contribution in [1.29, 1.82) is 0 Å². The van der Waals surface area contributed by atoms with Crippen molar-refractivity contribution in [3.05, 3.63) is 60.2 Å². The van der Waals surface area contributed by atoms with E-state index >= 15 is 0 Å². The molecular weight excluding hydrogens is 340 g/mol. The van der Waals surface area contributed by atoms with Gasteiger partial charge in [-0.05, 0) is 24.8 Å². The Hall–Kier alpha value is -2.40. The van der Waals surface area contributed by atoms with Gasteiger partial charge in [-0.15, -0.1) is 0 Å². The van der Waals surface area contributed by atoms with Crippen molar-refractivity contribution in [2.45, 2.75) is 17.8 Å². The van der Waals surface area contributed by atoms with E-state index in [0.29, 0.717) is 12.1 Å². The summed E-state index contributed by atoms with van der Waals surface area (Å²) >= 11 is 6.80. The Morgan fingerprint density at radius 2 is 1.84 bits per heavy atom. The molecule has 6 heteroatoms. The second kappa shape index (κ2) is 6.84. The van der Waals surface area contributed by atoms with Crippen LogP contribution in [0.25, 0.3) is 0 Å². The SMILES string of the molecule is NC(=O)C(=O)N(CC1CC1)C1(Cl)C=CC=CC1C(=O)c1ccccc1. The molecule has 5 nitrogen and oxygen atoms in total. The lowest BCUT2D eigenvalue weighted by Crippen LogP contribution is -2.57. The second-order valence-electron chi connectivity index (χ2n) is 6.40. The number of Topliss-reactive ketones (excluding diaryl/α,β-unsaturated/α-hetero) is 1. The number of amides is 2. The van der Waals surface area contributed by atoms with Crippen LogP contribution in [0.15, 0.2) is 54.6 Å². The normalized spacial score (nSPS) is 24.8. The highest BCUT2D eigenvalue weighted by molar-refractivity contribution is 6.37. The molecule has 2 unspecified atom stereocenters. The predicted octanol–water partition coefficient (Wildman–Crippen LogP) is 2.27. The van der Waals surface area contributed by atoms with Crippen molar-refractivity contribution in [3.8, 4) is 0 Å². The van der Waals surface area contributed by atoms with E-state index in [0.717, 1.165) is 12.8 Å². The molecule has 0 radical (unpaired) electrons. The molecular formula is C19H19ClN2O3. The van der Waals surface area contributed by atoms with Crippen molar-refractivity contribution < 1.29 is 14.4 Å². The van der Waals surface area contributed by atoms with Gasteiger partial charge in [0.15, 0.2) is 5.78 Å². The minimum absolute atomic E-state index is 0.214. The van der Waals surface area contributed by atoms with E-state index in [1.165, 1.54) is 4.90 Å². The van der Waals surface area contributed by atoms with Crippen molar-refractivity contribution in [3.63, 3.8) is 0 Å². The number of nitrogens with two attached hydrogens (primary N) is 1. The summed E-state index contributed by atoms with van der Waals surface area (Å²) in [5.74, 6) is -2.68. The van der Waals surface area contributed by atoms with Crippen LogP contribution in [0.2, 0.25) is 0 Å². The summed E-state index contributed by atoms with van der Waals surface area (Å²) in [6.07, 6.45) is 8.57. The van der Waals surface area contributed by atoms with E-state index in [4.69, 9.17) is 17.3 Å². The second-order valence-corrected chi connectivity index (χ2v) is 7.01. The molecule has 0 spiro atoms. The Balaban J connectivity index is 1.97. The Kier molecular flexibility index (Phi) is 4.77. The maximum Gasteiger partial charge on any atom is 0.313 e. The number of hydrogen-bond acceptors (Lipinski definition) is 3. The largest absolute Gasteiger partial charge is 0.361 e. The van der Waals surface area contributed by atoms with Gasteiger partial charge in [-0.3, -0.25) is 14.4 Å². The van der Waals surface area contributed by atoms with Gasteiger partial charge in [0.05, 0.1) is 5.92 Å². The predicted molar refractivity (Wildman–Crippen MR) is 94.8 cm³/mol.